The summed E-state index contributed by atoms with van der Waals surface area (Å²) in [5, 5.41) is 11.7. The minimum absolute atomic E-state index is 0.137. The van der Waals surface area contributed by atoms with E-state index in [0.29, 0.717) is 18.7 Å². The van der Waals surface area contributed by atoms with Crippen LogP contribution in [0.2, 0.25) is 0 Å². The molecule has 2 N–H and O–H groups in total. The Morgan fingerprint density at radius 2 is 2.07 bits per heavy atom. The number of carbonyl (C=O) groups excluding carboxylic acids is 1. The topological polar surface area (TPSA) is 74.8 Å². The molecule has 144 valence electrons. The van der Waals surface area contributed by atoms with Gasteiger partial charge in [0.15, 0.2) is 5.69 Å². The van der Waals surface area contributed by atoms with Crippen molar-refractivity contribution in [3.63, 3.8) is 0 Å². The van der Waals surface area contributed by atoms with Gasteiger partial charge in [-0.1, -0.05) is 6.07 Å². The number of carbonyl (C=O) groups is 1. The normalized spacial score (nSPS) is 11.4. The Kier molecular flexibility index (Phi) is 6.26. The van der Waals surface area contributed by atoms with Crippen molar-refractivity contribution in [3.8, 4) is 11.4 Å². The Morgan fingerprint density at radius 1 is 1.22 bits per heavy atom. The first kappa shape index (κ1) is 19.1. The first-order valence-corrected chi connectivity index (χ1v) is 9.27. The third-order valence-corrected chi connectivity index (χ3v) is 4.45. The molecule has 1 amide bonds. The highest BCUT2D eigenvalue weighted by Crippen LogP contribution is 2.23. The molecule has 0 aliphatic heterocycles. The highest BCUT2D eigenvalue weighted by Gasteiger charge is 2.18. The molecule has 27 heavy (non-hydrogen) atoms. The Balaban J connectivity index is 1.85. The van der Waals surface area contributed by atoms with E-state index in [1.54, 1.807) is 0 Å². The lowest BCUT2D eigenvalue weighted by atomic mass is 10.3. The lowest BCUT2D eigenvalue weighted by Gasteiger charge is -2.09. The van der Waals surface area contributed by atoms with E-state index in [0.717, 1.165) is 36.4 Å². The molecular formula is C20H27N5O2. The van der Waals surface area contributed by atoms with Gasteiger partial charge in [-0.2, -0.15) is 0 Å². The molecule has 0 saturated heterocycles. The summed E-state index contributed by atoms with van der Waals surface area (Å²) in [7, 11) is 4.11. The third-order valence-electron chi connectivity index (χ3n) is 4.45. The maximum atomic E-state index is 12.6. The number of pyridine rings is 1. The summed E-state index contributed by atoms with van der Waals surface area (Å²) in [6, 6.07) is 7.78. The van der Waals surface area contributed by atoms with Crippen LogP contribution in [0.3, 0.4) is 0 Å². The molecule has 3 heterocycles. The minimum atomic E-state index is -0.185. The van der Waals surface area contributed by atoms with Crippen molar-refractivity contribution in [1.29, 1.82) is 0 Å². The molecule has 0 fully saturated rings. The van der Waals surface area contributed by atoms with E-state index in [1.807, 2.05) is 41.1 Å². The molecule has 0 spiro atoms. The van der Waals surface area contributed by atoms with Crippen LogP contribution in [-0.2, 0) is 6.54 Å². The summed E-state index contributed by atoms with van der Waals surface area (Å²) in [5.74, 6) is 0.574. The average Bonchev–Trinajstić information content (AvgIpc) is 3.28. The molecule has 3 rings (SSSR count). The highest BCUT2D eigenvalue weighted by molar-refractivity contribution is 6.00. The van der Waals surface area contributed by atoms with E-state index in [-0.39, 0.29) is 12.5 Å². The van der Waals surface area contributed by atoms with Crippen molar-refractivity contribution >= 4 is 11.4 Å². The number of hydrogen-bond acceptors (Lipinski definition) is 4. The van der Waals surface area contributed by atoms with E-state index in [2.05, 4.69) is 40.1 Å². The van der Waals surface area contributed by atoms with Gasteiger partial charge in [-0.15, -0.1) is 0 Å². The van der Waals surface area contributed by atoms with Crippen molar-refractivity contribution in [1.82, 2.24) is 24.2 Å². The van der Waals surface area contributed by atoms with Gasteiger partial charge < -0.3 is 19.9 Å². The zero-order chi connectivity index (χ0) is 19.2. The highest BCUT2D eigenvalue weighted by atomic mass is 16.3. The summed E-state index contributed by atoms with van der Waals surface area (Å²) < 4.78 is 4.09. The monoisotopic (exact) mass is 369 g/mol. The van der Waals surface area contributed by atoms with Crippen LogP contribution >= 0.6 is 0 Å². The van der Waals surface area contributed by atoms with Gasteiger partial charge in [0.2, 0.25) is 0 Å². The SMILES string of the molecule is CN(C)CCn1ccc(-c2nc(C(=O)NCCCCO)c3ccccn23)c1. The number of unbranched alkanes of at least 4 members (excludes halogenated alkanes) is 1. The number of hydrogen-bond donors (Lipinski definition) is 2. The van der Waals surface area contributed by atoms with Gasteiger partial charge in [-0.25, -0.2) is 4.98 Å². The van der Waals surface area contributed by atoms with Crippen LogP contribution in [0.1, 0.15) is 23.3 Å². The molecule has 0 atom stereocenters. The maximum Gasteiger partial charge on any atom is 0.272 e. The number of imidazole rings is 1. The molecule has 0 unspecified atom stereocenters. The van der Waals surface area contributed by atoms with Crippen LogP contribution in [0.15, 0.2) is 42.9 Å². The molecule has 3 aromatic heterocycles. The third kappa shape index (κ3) is 4.56. The van der Waals surface area contributed by atoms with Gasteiger partial charge in [0.25, 0.3) is 5.91 Å². The second-order valence-electron chi connectivity index (χ2n) is 6.87. The van der Waals surface area contributed by atoms with Gasteiger partial charge in [-0.05, 0) is 45.1 Å². The largest absolute Gasteiger partial charge is 0.396 e. The summed E-state index contributed by atoms with van der Waals surface area (Å²) >= 11 is 0. The van der Waals surface area contributed by atoms with Gasteiger partial charge in [-0.3, -0.25) is 9.20 Å². The predicted octanol–water partition coefficient (Wildman–Crippen LogP) is 1.87. The number of fused-ring (bicyclic) bond motifs is 1. The van der Waals surface area contributed by atoms with Crippen LogP contribution in [-0.4, -0.2) is 63.7 Å². The molecular weight excluding hydrogens is 342 g/mol. The van der Waals surface area contributed by atoms with Crippen LogP contribution in [0.4, 0.5) is 0 Å². The number of likely N-dealkylation sites (N-methyl/N-ethyl adjacent to an activating group) is 1. The Hall–Kier alpha value is -2.64. The van der Waals surface area contributed by atoms with E-state index < -0.39 is 0 Å². The lowest BCUT2D eigenvalue weighted by Crippen LogP contribution is -2.25. The first-order valence-electron chi connectivity index (χ1n) is 9.27. The van der Waals surface area contributed by atoms with E-state index >= 15 is 0 Å². The van der Waals surface area contributed by atoms with Crippen molar-refractivity contribution in [3.05, 3.63) is 48.5 Å². The van der Waals surface area contributed by atoms with Crippen molar-refractivity contribution in [2.75, 3.05) is 33.8 Å². The fourth-order valence-electron chi connectivity index (χ4n) is 2.96. The average molecular weight is 369 g/mol. The fourth-order valence-corrected chi connectivity index (χ4v) is 2.96. The molecule has 0 bridgehead atoms. The zero-order valence-corrected chi connectivity index (χ0v) is 15.9. The Morgan fingerprint density at radius 3 is 2.85 bits per heavy atom. The summed E-state index contributed by atoms with van der Waals surface area (Å²) in [6.07, 6.45) is 7.45. The summed E-state index contributed by atoms with van der Waals surface area (Å²) in [5.41, 5.74) is 2.19. The number of amides is 1. The quantitative estimate of drug-likeness (QED) is 0.565. The van der Waals surface area contributed by atoms with Gasteiger partial charge in [0.05, 0.1) is 5.52 Å². The smallest absolute Gasteiger partial charge is 0.272 e. The van der Waals surface area contributed by atoms with E-state index in [4.69, 9.17) is 5.11 Å². The molecule has 7 heteroatoms. The second kappa shape index (κ2) is 8.83. The lowest BCUT2D eigenvalue weighted by molar-refractivity contribution is 0.0949. The molecule has 3 aromatic rings. The molecule has 0 aromatic carbocycles. The van der Waals surface area contributed by atoms with Crippen LogP contribution in [0.25, 0.3) is 16.9 Å². The molecule has 0 aliphatic carbocycles. The molecule has 0 radical (unpaired) electrons. The number of nitrogens with one attached hydrogen (secondary N) is 1. The van der Waals surface area contributed by atoms with Crippen LogP contribution < -0.4 is 5.32 Å². The maximum absolute atomic E-state index is 12.6. The van der Waals surface area contributed by atoms with Crippen molar-refractivity contribution in [2.45, 2.75) is 19.4 Å². The number of nitrogens with zero attached hydrogens (tertiary/aromatic N) is 4. The first-order chi connectivity index (χ1) is 13.1. The Bertz CT molecular complexity index is 897. The summed E-state index contributed by atoms with van der Waals surface area (Å²) in [6.45, 7) is 2.52. The molecule has 0 saturated carbocycles. The zero-order valence-electron chi connectivity index (χ0n) is 15.9. The van der Waals surface area contributed by atoms with Crippen molar-refractivity contribution < 1.29 is 9.90 Å². The van der Waals surface area contributed by atoms with Crippen LogP contribution in [0.5, 0.6) is 0 Å². The van der Waals surface area contributed by atoms with Crippen LogP contribution in [0, 0.1) is 0 Å². The summed E-state index contributed by atoms with van der Waals surface area (Å²) in [4.78, 5) is 19.4. The number of aliphatic hydroxyl groups excluding tert-OH is 1. The minimum Gasteiger partial charge on any atom is -0.396 e. The molecule has 0 aliphatic rings. The van der Waals surface area contributed by atoms with Gasteiger partial charge in [0.1, 0.15) is 5.82 Å². The van der Waals surface area contributed by atoms with E-state index in [9.17, 15) is 4.79 Å². The van der Waals surface area contributed by atoms with Gasteiger partial charge >= 0.3 is 0 Å². The molecule has 7 nitrogen and oxygen atoms in total. The predicted molar refractivity (Wildman–Crippen MR) is 106 cm³/mol. The van der Waals surface area contributed by atoms with Gasteiger partial charge in [0, 0.05) is 50.4 Å². The number of aliphatic hydroxyl groups is 1. The van der Waals surface area contributed by atoms with E-state index in [1.165, 1.54) is 0 Å². The number of rotatable bonds is 9. The second-order valence-corrected chi connectivity index (χ2v) is 6.87. The van der Waals surface area contributed by atoms with Crippen molar-refractivity contribution in [2.24, 2.45) is 0 Å². The standard InChI is InChI=1S/C20H27N5O2/c1-23(2)12-13-24-11-8-16(15-24)19-22-18(17-7-3-5-10-25(17)19)20(27)21-9-4-6-14-26/h3,5,7-8,10-11,15,26H,4,6,9,12-14H2,1-2H3,(H,21,27). The fraction of sp³-hybridized carbons (Fsp3) is 0.400. The Labute approximate surface area is 159 Å². The number of aromatic nitrogens is 3.